The Bertz CT molecular complexity index is 2200. The number of carboxylic acid groups (broad SMARTS) is 6. The fourth-order valence-corrected chi connectivity index (χ4v) is 5.80. The Morgan fingerprint density at radius 2 is 0.411 bits per heavy atom. The van der Waals surface area contributed by atoms with Gasteiger partial charge in [-0.25, -0.2) is 0 Å². The maximum atomic E-state index is 11.1. The van der Waals surface area contributed by atoms with Crippen LogP contribution in [0.2, 0.25) is 0 Å². The smallest absolute Gasteiger partial charge is 0.543 e. The molecule has 396 valence electrons. The molecule has 0 bridgehead atoms. The molecule has 0 spiro atoms. The van der Waals surface area contributed by atoms with Crippen molar-refractivity contribution in [2.24, 2.45) is 0 Å². The molecule has 0 saturated heterocycles. The van der Waals surface area contributed by atoms with Gasteiger partial charge in [-0.2, -0.15) is 0 Å². The summed E-state index contributed by atoms with van der Waals surface area (Å²) in [5.41, 5.74) is 1.09. The number of carbonyl (C=O) groups is 6. The van der Waals surface area contributed by atoms with E-state index < -0.39 is 35.8 Å². The van der Waals surface area contributed by atoms with Crippen LogP contribution >= 0.6 is 0 Å². The van der Waals surface area contributed by atoms with Crippen molar-refractivity contribution < 1.29 is 207 Å². The number of aromatic nitrogens is 6. The third kappa shape index (κ3) is 26.3. The largest absolute Gasteiger partial charge is 3.00 e. The van der Waals surface area contributed by atoms with Crippen LogP contribution in [-0.4, -0.2) is 114 Å². The van der Waals surface area contributed by atoms with Crippen LogP contribution < -0.4 is 30.6 Å². The van der Waals surface area contributed by atoms with Gasteiger partial charge in [0, 0.05) is 39.3 Å². The summed E-state index contributed by atoms with van der Waals surface area (Å²) in [5, 5.41) is 66.6. The zero-order valence-electron chi connectivity index (χ0n) is 37.5. The summed E-state index contributed by atoms with van der Waals surface area (Å²) in [7, 11) is 0. The van der Waals surface area contributed by atoms with E-state index in [1.807, 2.05) is 0 Å². The molecule has 0 aromatic carbocycles. The first-order chi connectivity index (χ1) is 29.6. The van der Waals surface area contributed by atoms with Crippen molar-refractivity contribution in [2.45, 2.75) is 39.3 Å². The summed E-state index contributed by atoms with van der Waals surface area (Å²) in [4.78, 5) is 94.3. The number of hydrogen-bond donors (Lipinski definition) is 0. The maximum Gasteiger partial charge on any atom is 3.00 e. The van der Waals surface area contributed by atoms with E-state index in [9.17, 15) is 59.4 Å². The van der Waals surface area contributed by atoms with E-state index in [1.54, 1.807) is 46.2 Å². The Labute approximate surface area is 494 Å². The van der Waals surface area contributed by atoms with E-state index in [2.05, 4.69) is 29.9 Å². The van der Waals surface area contributed by atoms with Crippen LogP contribution in [-0.2, 0) is 50.2 Å². The third-order valence-corrected chi connectivity index (χ3v) is 8.41. The van der Waals surface area contributed by atoms with Crippen LogP contribution in [0.15, 0.2) is 109 Å². The minimum atomic E-state index is -1.42. The van der Waals surface area contributed by atoms with Crippen molar-refractivity contribution in [1.82, 2.24) is 39.7 Å². The van der Waals surface area contributed by atoms with Crippen LogP contribution in [0.25, 0.3) is 0 Å². The van der Waals surface area contributed by atoms with Gasteiger partial charge in [-0.15, -0.1) is 0 Å². The monoisotopic (exact) mass is 1310 g/mol. The second-order valence-corrected chi connectivity index (χ2v) is 13.1. The number of hydrogen-bond acceptors (Lipinski definition) is 20. The third-order valence-electron chi connectivity index (χ3n) is 8.41. The molecule has 6 heterocycles. The van der Waals surface area contributed by atoms with Crippen molar-refractivity contribution in [1.29, 1.82) is 0 Å². The van der Waals surface area contributed by atoms with Crippen molar-refractivity contribution >= 4 is 35.8 Å². The predicted octanol–water partition coefficient (Wildman–Crippen LogP) is -11.3. The van der Waals surface area contributed by atoms with Gasteiger partial charge in [0.1, 0.15) is 0 Å². The molecule has 0 unspecified atom stereocenters. The van der Waals surface area contributed by atoms with E-state index in [1.165, 1.54) is 72.8 Å². The number of nitrogens with zero attached hydrogens (tertiary/aromatic N) is 8. The molecule has 20 N–H and O–H groups in total. The van der Waals surface area contributed by atoms with Crippen molar-refractivity contribution in [3.05, 3.63) is 178 Å². The molecule has 6 rings (SSSR count). The van der Waals surface area contributed by atoms with E-state index >= 15 is 0 Å². The molecular formula is C42H50Eu2N8O21+2. The van der Waals surface area contributed by atoms with Crippen molar-refractivity contribution in [3.8, 4) is 0 Å². The summed E-state index contributed by atoms with van der Waals surface area (Å²) < 4.78 is 0. The first kappa shape index (κ1) is 81.5. The van der Waals surface area contributed by atoms with Gasteiger partial charge in [-0.05, 0) is 72.8 Å². The normalized spacial score (nSPS) is 9.12. The second-order valence-electron chi connectivity index (χ2n) is 13.1. The number of pyridine rings is 6. The Kier molecular flexibility index (Phi) is 44.6. The zero-order chi connectivity index (χ0) is 44.8. The summed E-state index contributed by atoms with van der Waals surface area (Å²) in [6.07, 6.45) is 0. The van der Waals surface area contributed by atoms with E-state index in [-0.39, 0.29) is 221 Å². The zero-order valence-corrected chi connectivity index (χ0v) is 42.4. The van der Waals surface area contributed by atoms with Crippen molar-refractivity contribution in [3.63, 3.8) is 0 Å². The molecule has 0 saturated carbocycles. The van der Waals surface area contributed by atoms with Crippen LogP contribution in [0.5, 0.6) is 0 Å². The Hall–Kier alpha value is -5.55. The fraction of sp³-hybridized carbons (Fsp3) is 0.143. The summed E-state index contributed by atoms with van der Waals surface area (Å²) in [5.74, 6) is -8.50. The molecule has 6 aromatic rings. The molecule has 0 aliphatic carbocycles. The molecule has 0 amide bonds. The molecule has 29 nitrogen and oxygen atoms in total. The minimum absolute atomic E-state index is 0. The van der Waals surface area contributed by atoms with E-state index in [0.717, 1.165) is 0 Å². The molecule has 0 radical (unpaired) electrons. The number of carboxylic acids is 6. The summed E-state index contributed by atoms with van der Waals surface area (Å²) in [6.45, 7) is 0.890. The van der Waals surface area contributed by atoms with Gasteiger partial charge in [0.05, 0.1) is 104 Å². The van der Waals surface area contributed by atoms with Crippen LogP contribution in [0.3, 0.4) is 0 Å². The van der Waals surface area contributed by atoms with Crippen LogP contribution in [0.4, 0.5) is 0 Å². The van der Waals surface area contributed by atoms with E-state index in [4.69, 9.17) is 0 Å². The van der Waals surface area contributed by atoms with Gasteiger partial charge < -0.3 is 109 Å². The Balaban J connectivity index is -0.000000207. The first-order valence-electron chi connectivity index (χ1n) is 18.1. The molecule has 6 aromatic heterocycles. The number of aromatic carboxylic acids is 6. The van der Waals surface area contributed by atoms with Crippen molar-refractivity contribution in [2.75, 3.05) is 0 Å². The van der Waals surface area contributed by atoms with E-state index in [0.29, 0.717) is 34.2 Å². The molecular weight excluding hydrogens is 1260 g/mol. The Morgan fingerprint density at radius 1 is 0.288 bits per heavy atom. The first-order valence-corrected chi connectivity index (χ1v) is 18.1. The quantitative estimate of drug-likeness (QED) is 0.0721. The number of rotatable bonds is 18. The molecule has 31 heteroatoms. The topological polar surface area (TPSA) is 611 Å². The minimum Gasteiger partial charge on any atom is -0.543 e. The SMILES string of the molecule is O.O.O.O.O.O.O.O=C([O-])c1cccc(CN(Cc2cccc(C(=O)[O-])n2)Cc2cccc(C(=O)[O-])n2)n1.O=C([O-])c1cccc(CN(Cc2cccc(C(=O)[O-])n2)Cc2cccc(C(=O)[O-])n2)n1.[Eu+3].[Eu+3].[OH3+].[OH3+]. The van der Waals surface area contributed by atoms with Gasteiger partial charge in [-0.3, -0.25) is 39.7 Å². The van der Waals surface area contributed by atoms with Gasteiger partial charge in [-0.1, -0.05) is 36.4 Å². The average Bonchev–Trinajstić information content (AvgIpc) is 3.24. The van der Waals surface area contributed by atoms with Crippen LogP contribution in [0.1, 0.15) is 97.1 Å². The molecule has 0 aliphatic rings. The van der Waals surface area contributed by atoms with Crippen LogP contribution in [0, 0.1) is 98.8 Å². The molecule has 0 atom stereocenters. The standard InChI is InChI=1S/2C21H18N4O6.2Eu.9H2O/c2*26-19(27)16-7-1-4-13(22-16)10-25(11-14-5-2-8-17(23-14)20(28)29)12-15-6-3-9-18(24-15)21(30)31;;;;;;;;;;;/h2*1-9H,10-12H2,(H,26,27)(H,28,29)(H,30,31);;;9*1H2/q;;2*+3;;;;;;;;;/p-4. The maximum absolute atomic E-state index is 11.1. The molecule has 73 heavy (non-hydrogen) atoms. The predicted molar refractivity (Wildman–Crippen MR) is 232 cm³/mol. The number of carbonyl (C=O) groups excluding carboxylic acids is 6. The molecule has 0 fully saturated rings. The van der Waals surface area contributed by atoms with Gasteiger partial charge >= 0.3 is 98.8 Å². The second kappa shape index (κ2) is 39.9. The summed E-state index contributed by atoms with van der Waals surface area (Å²) in [6, 6.07) is 26.7. The average molecular weight is 1310 g/mol. The van der Waals surface area contributed by atoms with Gasteiger partial charge in [0.15, 0.2) is 0 Å². The Morgan fingerprint density at radius 3 is 0.521 bits per heavy atom. The summed E-state index contributed by atoms with van der Waals surface area (Å²) >= 11 is 0. The fourth-order valence-electron chi connectivity index (χ4n) is 5.80. The molecule has 0 aliphatic heterocycles. The van der Waals surface area contributed by atoms with Gasteiger partial charge in [0.25, 0.3) is 0 Å². The van der Waals surface area contributed by atoms with Gasteiger partial charge in [0.2, 0.25) is 0 Å².